The highest BCUT2D eigenvalue weighted by Crippen LogP contribution is 2.24. The SMILES string of the molecule is O=C(O)CNc1nccc2cc(O)ccc12. The third-order valence-electron chi connectivity index (χ3n) is 2.16. The van der Waals surface area contributed by atoms with E-state index < -0.39 is 5.97 Å². The van der Waals surface area contributed by atoms with Crippen LogP contribution in [0.3, 0.4) is 0 Å². The Morgan fingerprint density at radius 1 is 1.38 bits per heavy atom. The molecule has 1 heterocycles. The number of fused-ring (bicyclic) bond motifs is 1. The van der Waals surface area contributed by atoms with E-state index in [1.54, 1.807) is 24.4 Å². The van der Waals surface area contributed by atoms with E-state index in [-0.39, 0.29) is 12.3 Å². The number of aromatic hydroxyl groups is 1. The summed E-state index contributed by atoms with van der Waals surface area (Å²) < 4.78 is 0. The minimum Gasteiger partial charge on any atom is -0.508 e. The normalized spacial score (nSPS) is 10.2. The number of carboxylic acid groups (broad SMARTS) is 1. The van der Waals surface area contributed by atoms with Crippen molar-refractivity contribution in [3.8, 4) is 5.75 Å². The maximum absolute atomic E-state index is 10.4. The van der Waals surface area contributed by atoms with Gasteiger partial charge in [-0.25, -0.2) is 4.98 Å². The number of pyridine rings is 1. The first kappa shape index (κ1) is 10.2. The highest BCUT2D eigenvalue weighted by Gasteiger charge is 2.04. The number of hydrogen-bond donors (Lipinski definition) is 3. The Balaban J connectivity index is 2.41. The van der Waals surface area contributed by atoms with E-state index in [2.05, 4.69) is 10.3 Å². The van der Waals surface area contributed by atoms with Crippen LogP contribution in [0, 0.1) is 0 Å². The molecule has 0 atom stereocenters. The predicted molar refractivity (Wildman–Crippen MR) is 59.5 cm³/mol. The average molecular weight is 218 g/mol. The molecule has 1 aromatic heterocycles. The van der Waals surface area contributed by atoms with Crippen LogP contribution in [0.15, 0.2) is 30.5 Å². The highest BCUT2D eigenvalue weighted by molar-refractivity contribution is 5.93. The molecule has 0 bridgehead atoms. The Labute approximate surface area is 91.4 Å². The Bertz CT molecular complexity index is 540. The minimum absolute atomic E-state index is 0.169. The van der Waals surface area contributed by atoms with Crippen molar-refractivity contribution < 1.29 is 15.0 Å². The maximum Gasteiger partial charge on any atom is 0.322 e. The summed E-state index contributed by atoms with van der Waals surface area (Å²) in [6, 6.07) is 6.59. The third-order valence-corrected chi connectivity index (χ3v) is 2.16. The van der Waals surface area contributed by atoms with Gasteiger partial charge in [0.15, 0.2) is 0 Å². The number of rotatable bonds is 3. The number of nitrogens with zero attached hydrogens (tertiary/aromatic N) is 1. The molecule has 2 aromatic rings. The minimum atomic E-state index is -0.947. The molecule has 0 radical (unpaired) electrons. The van der Waals surface area contributed by atoms with Crippen LogP contribution in [-0.2, 0) is 4.79 Å². The lowest BCUT2D eigenvalue weighted by Crippen LogP contribution is -2.13. The molecule has 3 N–H and O–H groups in total. The van der Waals surface area contributed by atoms with E-state index in [4.69, 9.17) is 5.11 Å². The smallest absolute Gasteiger partial charge is 0.322 e. The first-order valence-electron chi connectivity index (χ1n) is 4.70. The van der Waals surface area contributed by atoms with Crippen LogP contribution < -0.4 is 5.32 Å². The molecule has 0 saturated carbocycles. The van der Waals surface area contributed by atoms with Crippen molar-refractivity contribution in [2.45, 2.75) is 0 Å². The van der Waals surface area contributed by atoms with Gasteiger partial charge in [-0.2, -0.15) is 0 Å². The first-order valence-corrected chi connectivity index (χ1v) is 4.70. The zero-order valence-electron chi connectivity index (χ0n) is 8.34. The number of benzene rings is 1. The number of carbonyl (C=O) groups is 1. The summed E-state index contributed by atoms with van der Waals surface area (Å²) in [6.07, 6.45) is 1.56. The van der Waals surface area contributed by atoms with Gasteiger partial charge in [-0.1, -0.05) is 0 Å². The molecule has 0 unspecified atom stereocenters. The van der Waals surface area contributed by atoms with Gasteiger partial charge in [-0.05, 0) is 29.7 Å². The van der Waals surface area contributed by atoms with Crippen LogP contribution in [0.4, 0.5) is 5.82 Å². The number of hydrogen-bond acceptors (Lipinski definition) is 4. The molecule has 82 valence electrons. The quantitative estimate of drug-likeness (QED) is 0.726. The number of phenols is 1. The lowest BCUT2D eigenvalue weighted by molar-refractivity contribution is -0.134. The van der Waals surface area contributed by atoms with Crippen molar-refractivity contribution in [1.82, 2.24) is 4.98 Å². The lowest BCUT2D eigenvalue weighted by atomic mass is 10.1. The first-order chi connectivity index (χ1) is 7.66. The fourth-order valence-electron chi connectivity index (χ4n) is 1.47. The molecule has 0 aliphatic rings. The number of aliphatic carboxylic acids is 1. The van der Waals surface area contributed by atoms with Gasteiger partial charge < -0.3 is 15.5 Å². The largest absolute Gasteiger partial charge is 0.508 e. The fraction of sp³-hybridized carbons (Fsp3) is 0.0909. The molecule has 0 amide bonds. The van der Waals surface area contributed by atoms with E-state index in [0.29, 0.717) is 5.82 Å². The predicted octanol–water partition coefficient (Wildman–Crippen LogP) is 1.44. The number of carboxylic acids is 1. The van der Waals surface area contributed by atoms with Gasteiger partial charge in [-0.3, -0.25) is 4.79 Å². The van der Waals surface area contributed by atoms with Gasteiger partial charge in [0, 0.05) is 11.6 Å². The molecule has 5 heteroatoms. The topological polar surface area (TPSA) is 82.5 Å². The standard InChI is InChI=1S/C11H10N2O3/c14-8-1-2-9-7(5-8)3-4-12-11(9)13-6-10(15)16/h1-5,14H,6H2,(H,12,13)(H,15,16). The van der Waals surface area contributed by atoms with Crippen LogP contribution in [0.2, 0.25) is 0 Å². The van der Waals surface area contributed by atoms with Crippen LogP contribution >= 0.6 is 0 Å². The van der Waals surface area contributed by atoms with Crippen LogP contribution in [0.1, 0.15) is 0 Å². The second kappa shape index (κ2) is 4.06. The van der Waals surface area contributed by atoms with E-state index >= 15 is 0 Å². The summed E-state index contributed by atoms with van der Waals surface area (Å²) >= 11 is 0. The zero-order valence-corrected chi connectivity index (χ0v) is 8.34. The second-order valence-corrected chi connectivity index (χ2v) is 3.31. The summed E-state index contributed by atoms with van der Waals surface area (Å²) in [5, 5.41) is 22.2. The van der Waals surface area contributed by atoms with E-state index in [1.165, 1.54) is 6.07 Å². The monoisotopic (exact) mass is 218 g/mol. The Morgan fingerprint density at radius 3 is 2.94 bits per heavy atom. The molecule has 16 heavy (non-hydrogen) atoms. The van der Waals surface area contributed by atoms with Gasteiger partial charge in [-0.15, -0.1) is 0 Å². The molecule has 5 nitrogen and oxygen atoms in total. The van der Waals surface area contributed by atoms with Gasteiger partial charge in [0.25, 0.3) is 0 Å². The van der Waals surface area contributed by atoms with Crippen molar-refractivity contribution >= 4 is 22.6 Å². The van der Waals surface area contributed by atoms with Crippen molar-refractivity contribution in [2.24, 2.45) is 0 Å². The maximum atomic E-state index is 10.4. The van der Waals surface area contributed by atoms with Crippen molar-refractivity contribution in [3.63, 3.8) is 0 Å². The summed E-state index contributed by atoms with van der Waals surface area (Å²) in [6.45, 7) is -0.188. The molecule has 1 aromatic carbocycles. The van der Waals surface area contributed by atoms with E-state index in [9.17, 15) is 9.90 Å². The molecular formula is C11H10N2O3. The molecule has 0 fully saturated rings. The van der Waals surface area contributed by atoms with Crippen molar-refractivity contribution in [2.75, 3.05) is 11.9 Å². The van der Waals surface area contributed by atoms with E-state index in [1.807, 2.05) is 0 Å². The lowest BCUT2D eigenvalue weighted by Gasteiger charge is -2.06. The summed E-state index contributed by atoms with van der Waals surface area (Å²) in [4.78, 5) is 14.5. The Morgan fingerprint density at radius 2 is 2.19 bits per heavy atom. The van der Waals surface area contributed by atoms with Gasteiger partial charge in [0.1, 0.15) is 18.1 Å². The number of aromatic nitrogens is 1. The number of phenolic OH excluding ortho intramolecular Hbond substituents is 1. The molecule has 0 spiro atoms. The average Bonchev–Trinajstić information content (AvgIpc) is 2.25. The fourth-order valence-corrected chi connectivity index (χ4v) is 1.47. The van der Waals surface area contributed by atoms with Gasteiger partial charge >= 0.3 is 5.97 Å². The Kier molecular flexibility index (Phi) is 2.59. The van der Waals surface area contributed by atoms with Crippen molar-refractivity contribution in [1.29, 1.82) is 0 Å². The van der Waals surface area contributed by atoms with Crippen LogP contribution in [0.25, 0.3) is 10.8 Å². The summed E-state index contributed by atoms with van der Waals surface area (Å²) in [5.74, 6) is -0.277. The molecule has 0 saturated heterocycles. The molecular weight excluding hydrogens is 208 g/mol. The molecule has 0 aliphatic heterocycles. The third kappa shape index (κ3) is 2.03. The molecule has 0 aliphatic carbocycles. The van der Waals surface area contributed by atoms with Gasteiger partial charge in [0.2, 0.25) is 0 Å². The van der Waals surface area contributed by atoms with Gasteiger partial charge in [0.05, 0.1) is 0 Å². The number of anilines is 1. The second-order valence-electron chi connectivity index (χ2n) is 3.31. The van der Waals surface area contributed by atoms with Crippen molar-refractivity contribution in [3.05, 3.63) is 30.5 Å². The summed E-state index contributed by atoms with van der Waals surface area (Å²) in [7, 11) is 0. The van der Waals surface area contributed by atoms with Crippen LogP contribution in [-0.4, -0.2) is 27.7 Å². The Hall–Kier alpha value is -2.30. The van der Waals surface area contributed by atoms with E-state index in [0.717, 1.165) is 10.8 Å². The number of nitrogens with one attached hydrogen (secondary N) is 1. The highest BCUT2D eigenvalue weighted by atomic mass is 16.4. The van der Waals surface area contributed by atoms with Crippen LogP contribution in [0.5, 0.6) is 5.75 Å². The zero-order chi connectivity index (χ0) is 11.5. The molecule has 2 rings (SSSR count). The summed E-state index contributed by atoms with van der Waals surface area (Å²) in [5.41, 5.74) is 0.